The monoisotopic (exact) mass is 347 g/mol. The largest absolute Gasteiger partial charge is 0.257 e. The molecule has 0 saturated heterocycles. The molecule has 1 heterocycles. The second-order valence-electron chi connectivity index (χ2n) is 4.53. The van der Waals surface area contributed by atoms with E-state index in [0.717, 1.165) is 0 Å². The van der Waals surface area contributed by atoms with Crippen molar-refractivity contribution in [3.05, 3.63) is 35.6 Å². The van der Waals surface area contributed by atoms with E-state index in [1.54, 1.807) is 0 Å². The summed E-state index contributed by atoms with van der Waals surface area (Å²) < 4.78 is 39.9. The van der Waals surface area contributed by atoms with Gasteiger partial charge in [0.25, 0.3) is 0 Å². The Morgan fingerprint density at radius 1 is 1.29 bits per heavy atom. The molecule has 1 N–H and O–H groups in total. The van der Waals surface area contributed by atoms with Crippen LogP contribution in [0.3, 0.4) is 0 Å². The van der Waals surface area contributed by atoms with Gasteiger partial charge in [0.15, 0.2) is 4.34 Å². The zero-order valence-electron chi connectivity index (χ0n) is 11.4. The number of thioether (sulfide) groups is 1. The fourth-order valence-electron chi connectivity index (χ4n) is 1.47. The molecule has 0 atom stereocenters. The molecule has 1 aromatic heterocycles. The lowest BCUT2D eigenvalue weighted by Gasteiger charge is -2.04. The molecule has 0 aliphatic heterocycles. The minimum atomic E-state index is -3.59. The fourth-order valence-corrected chi connectivity index (χ4v) is 4.85. The zero-order valence-corrected chi connectivity index (χ0v) is 13.9. The lowest BCUT2D eigenvalue weighted by Crippen LogP contribution is -2.14. The van der Waals surface area contributed by atoms with Gasteiger partial charge in [-0.1, -0.05) is 49.1 Å². The van der Waals surface area contributed by atoms with Crippen molar-refractivity contribution in [2.45, 2.75) is 29.2 Å². The van der Waals surface area contributed by atoms with Crippen LogP contribution >= 0.6 is 23.1 Å². The van der Waals surface area contributed by atoms with Gasteiger partial charge in [-0.3, -0.25) is 4.72 Å². The number of halogens is 1. The van der Waals surface area contributed by atoms with Crippen molar-refractivity contribution in [2.24, 2.45) is 0 Å². The van der Waals surface area contributed by atoms with Crippen LogP contribution < -0.4 is 4.72 Å². The van der Waals surface area contributed by atoms with Crippen LogP contribution in [-0.4, -0.2) is 23.9 Å². The third-order valence-corrected chi connectivity index (χ3v) is 5.53. The number of anilines is 1. The maximum Gasteiger partial charge on any atom is 0.238 e. The Labute approximate surface area is 131 Å². The summed E-state index contributed by atoms with van der Waals surface area (Å²) in [5, 5.41) is 8.31. The number of hydrogen-bond donors (Lipinski definition) is 1. The number of aromatic nitrogens is 2. The molecule has 0 bridgehead atoms. The maximum absolute atomic E-state index is 12.8. The Hall–Kier alpha value is -1.19. The number of rotatable bonds is 6. The van der Waals surface area contributed by atoms with Gasteiger partial charge in [-0.15, -0.1) is 10.2 Å². The Morgan fingerprint density at radius 2 is 1.95 bits per heavy atom. The van der Waals surface area contributed by atoms with Crippen LogP contribution in [0.1, 0.15) is 19.4 Å². The van der Waals surface area contributed by atoms with E-state index in [-0.39, 0.29) is 10.9 Å². The molecule has 0 saturated carbocycles. The molecule has 0 unspecified atom stereocenters. The highest BCUT2D eigenvalue weighted by Gasteiger charge is 2.15. The lowest BCUT2D eigenvalue weighted by atomic mass is 10.2. The molecule has 0 spiro atoms. The molecule has 2 aromatic rings. The van der Waals surface area contributed by atoms with Gasteiger partial charge in [-0.05, 0) is 17.7 Å². The van der Waals surface area contributed by atoms with E-state index in [4.69, 9.17) is 0 Å². The van der Waals surface area contributed by atoms with E-state index in [9.17, 15) is 12.8 Å². The summed E-state index contributed by atoms with van der Waals surface area (Å²) in [5.74, 6) is -0.636. The molecule has 9 heteroatoms. The van der Waals surface area contributed by atoms with Crippen LogP contribution in [0.5, 0.6) is 0 Å². The van der Waals surface area contributed by atoms with Crippen molar-refractivity contribution < 1.29 is 12.8 Å². The van der Waals surface area contributed by atoms with Crippen LogP contribution in [0.4, 0.5) is 9.52 Å². The number of hydrogen-bond acceptors (Lipinski definition) is 6. The molecule has 0 amide bonds. The van der Waals surface area contributed by atoms with E-state index in [1.807, 2.05) is 13.8 Å². The Balaban J connectivity index is 2.03. The summed E-state index contributed by atoms with van der Waals surface area (Å²) >= 11 is 2.71. The molecule has 0 aliphatic carbocycles. The van der Waals surface area contributed by atoms with Crippen LogP contribution in [0.2, 0.25) is 0 Å². The summed E-state index contributed by atoms with van der Waals surface area (Å²) in [4.78, 5) is 0. The van der Waals surface area contributed by atoms with Gasteiger partial charge in [0.1, 0.15) is 5.82 Å². The van der Waals surface area contributed by atoms with Crippen LogP contribution in [0.15, 0.2) is 28.6 Å². The predicted molar refractivity (Wildman–Crippen MR) is 83.5 cm³/mol. The van der Waals surface area contributed by atoms with E-state index in [2.05, 4.69) is 14.9 Å². The van der Waals surface area contributed by atoms with Gasteiger partial charge in [-0.25, -0.2) is 12.8 Å². The number of sulfonamides is 1. The fraction of sp³-hybridized carbons (Fsp3) is 0.333. The molecule has 0 aliphatic rings. The number of nitrogens with one attached hydrogen (secondary N) is 1. The van der Waals surface area contributed by atoms with Crippen molar-refractivity contribution in [1.29, 1.82) is 0 Å². The first-order valence-corrected chi connectivity index (χ1v) is 9.44. The van der Waals surface area contributed by atoms with Crippen LogP contribution in [0.25, 0.3) is 0 Å². The topological polar surface area (TPSA) is 72.0 Å². The normalized spacial score (nSPS) is 11.8. The lowest BCUT2D eigenvalue weighted by molar-refractivity contribution is 0.599. The van der Waals surface area contributed by atoms with Crippen molar-refractivity contribution >= 4 is 38.3 Å². The van der Waals surface area contributed by atoms with Gasteiger partial charge in [0, 0.05) is 5.25 Å². The van der Waals surface area contributed by atoms with Crippen LogP contribution in [0, 0.1) is 5.82 Å². The highest BCUT2D eigenvalue weighted by atomic mass is 32.2. The molecule has 21 heavy (non-hydrogen) atoms. The van der Waals surface area contributed by atoms with Gasteiger partial charge in [0.2, 0.25) is 15.2 Å². The molecular formula is C12H14FN3O2S3. The van der Waals surface area contributed by atoms with Gasteiger partial charge in [0.05, 0.1) is 5.75 Å². The highest BCUT2D eigenvalue weighted by molar-refractivity contribution is 8.01. The van der Waals surface area contributed by atoms with Crippen molar-refractivity contribution in [1.82, 2.24) is 10.2 Å². The Morgan fingerprint density at radius 3 is 2.57 bits per heavy atom. The SMILES string of the molecule is CC(C)Sc1nnc(NS(=O)(=O)Cc2ccc(F)cc2)s1. The van der Waals surface area contributed by atoms with Crippen molar-refractivity contribution in [2.75, 3.05) is 4.72 Å². The molecular weight excluding hydrogens is 333 g/mol. The molecule has 0 fully saturated rings. The van der Waals surface area contributed by atoms with E-state index in [1.165, 1.54) is 47.4 Å². The first-order valence-electron chi connectivity index (χ1n) is 6.09. The highest BCUT2D eigenvalue weighted by Crippen LogP contribution is 2.29. The predicted octanol–water partition coefficient (Wildman–Crippen LogP) is 3.12. The van der Waals surface area contributed by atoms with Gasteiger partial charge < -0.3 is 0 Å². The number of benzene rings is 1. The average Bonchev–Trinajstić information content (AvgIpc) is 2.77. The van der Waals surface area contributed by atoms with E-state index in [0.29, 0.717) is 15.2 Å². The van der Waals surface area contributed by atoms with E-state index >= 15 is 0 Å². The minimum Gasteiger partial charge on any atom is -0.257 e. The van der Waals surface area contributed by atoms with E-state index < -0.39 is 15.8 Å². The molecule has 5 nitrogen and oxygen atoms in total. The first-order chi connectivity index (χ1) is 9.84. The molecule has 1 aromatic carbocycles. The summed E-state index contributed by atoms with van der Waals surface area (Å²) in [5.41, 5.74) is 0.505. The first kappa shape index (κ1) is 16.2. The average molecular weight is 347 g/mol. The maximum atomic E-state index is 12.8. The van der Waals surface area contributed by atoms with Gasteiger partial charge >= 0.3 is 0 Å². The molecule has 0 radical (unpaired) electrons. The van der Waals surface area contributed by atoms with Gasteiger partial charge in [-0.2, -0.15) is 0 Å². The van der Waals surface area contributed by atoms with Crippen molar-refractivity contribution in [3.8, 4) is 0 Å². The second-order valence-corrected chi connectivity index (χ2v) is 9.05. The molecule has 114 valence electrons. The standard InChI is InChI=1S/C12H14FN3O2S3/c1-8(2)19-12-15-14-11(20-12)16-21(17,18)7-9-3-5-10(13)6-4-9/h3-6,8H,7H2,1-2H3,(H,14,16). The Kier molecular flexibility index (Phi) is 5.17. The summed E-state index contributed by atoms with van der Waals surface area (Å²) in [6.45, 7) is 4.04. The zero-order chi connectivity index (χ0) is 15.5. The number of nitrogens with zero attached hydrogens (tertiary/aromatic N) is 2. The third kappa shape index (κ3) is 5.25. The van der Waals surface area contributed by atoms with Crippen molar-refractivity contribution in [3.63, 3.8) is 0 Å². The smallest absolute Gasteiger partial charge is 0.238 e. The summed E-state index contributed by atoms with van der Waals surface area (Å²) in [6.07, 6.45) is 0. The second kappa shape index (κ2) is 6.71. The summed E-state index contributed by atoms with van der Waals surface area (Å²) in [6, 6.07) is 5.34. The minimum absolute atomic E-state index is 0.236. The summed E-state index contributed by atoms with van der Waals surface area (Å²) in [7, 11) is -3.59. The quantitative estimate of drug-likeness (QED) is 0.813. The van der Waals surface area contributed by atoms with Crippen LogP contribution in [-0.2, 0) is 15.8 Å². The molecule has 2 rings (SSSR count). The third-order valence-electron chi connectivity index (χ3n) is 2.26. The Bertz CT molecular complexity index is 699.